The molecule has 0 spiro atoms. The van der Waals surface area contributed by atoms with E-state index in [0.717, 1.165) is 42.3 Å². The number of carboxylic acids is 1. The van der Waals surface area contributed by atoms with Crippen LogP contribution in [0.15, 0.2) is 54.6 Å². The van der Waals surface area contributed by atoms with Crippen LogP contribution in [-0.2, 0) is 18.3 Å². The van der Waals surface area contributed by atoms with E-state index in [1.807, 2.05) is 50.4 Å². The first-order valence-electron chi connectivity index (χ1n) is 11.1. The number of carbonyl (C=O) groups is 2. The van der Waals surface area contributed by atoms with Gasteiger partial charge in [-0.05, 0) is 55.4 Å². The number of carbonyl (C=O) groups excluding carboxylic acids is 1. The lowest BCUT2D eigenvalue weighted by Gasteiger charge is -2.10. The zero-order valence-electron chi connectivity index (χ0n) is 18.7. The van der Waals surface area contributed by atoms with Crippen molar-refractivity contribution < 1.29 is 14.7 Å². The van der Waals surface area contributed by atoms with E-state index >= 15 is 0 Å². The van der Waals surface area contributed by atoms with E-state index in [0.29, 0.717) is 10.6 Å². The fourth-order valence-electron chi connectivity index (χ4n) is 4.20. The third-order valence-electron chi connectivity index (χ3n) is 5.76. The summed E-state index contributed by atoms with van der Waals surface area (Å²) in [7, 11) is 1.98. The summed E-state index contributed by atoms with van der Waals surface area (Å²) in [5.41, 5.74) is 3.87. The number of unbranched alkanes of at least 4 members (excludes halogenated alkanes) is 2. The number of aromatic nitrogens is 1. The molecule has 32 heavy (non-hydrogen) atoms. The highest BCUT2D eigenvalue weighted by Crippen LogP contribution is 2.31. The van der Waals surface area contributed by atoms with Gasteiger partial charge in [0.2, 0.25) is 0 Å². The Labute approximate surface area is 194 Å². The molecule has 3 aromatic rings. The number of rotatable bonds is 11. The van der Waals surface area contributed by atoms with Gasteiger partial charge in [-0.25, -0.2) is 0 Å². The van der Waals surface area contributed by atoms with Gasteiger partial charge >= 0.3 is 5.97 Å². The summed E-state index contributed by atoms with van der Waals surface area (Å²) < 4.78 is 2.08. The number of ketones is 1. The molecule has 1 heterocycles. The van der Waals surface area contributed by atoms with E-state index in [1.165, 1.54) is 5.56 Å². The number of carboxylic acid groups (broad SMARTS) is 1. The molecule has 0 aliphatic rings. The van der Waals surface area contributed by atoms with Crippen molar-refractivity contribution in [2.75, 3.05) is 0 Å². The maximum Gasteiger partial charge on any atom is 0.303 e. The fourth-order valence-corrected chi connectivity index (χ4v) is 4.37. The van der Waals surface area contributed by atoms with Crippen molar-refractivity contribution in [3.63, 3.8) is 0 Å². The minimum absolute atomic E-state index is 0.00871. The highest BCUT2D eigenvalue weighted by Gasteiger charge is 2.23. The molecule has 0 amide bonds. The summed E-state index contributed by atoms with van der Waals surface area (Å²) in [6.45, 7) is 1.81. The molecule has 0 fully saturated rings. The van der Waals surface area contributed by atoms with Crippen molar-refractivity contribution >= 4 is 40.3 Å². The number of Topliss-reactive ketones (excluding diaryl/α,β-unsaturated/α-hetero) is 1. The van der Waals surface area contributed by atoms with Crippen molar-refractivity contribution in [2.24, 2.45) is 13.0 Å². The van der Waals surface area contributed by atoms with E-state index in [2.05, 4.69) is 28.9 Å². The van der Waals surface area contributed by atoms with E-state index < -0.39 is 5.97 Å². The third-order valence-corrected chi connectivity index (χ3v) is 6.00. The van der Waals surface area contributed by atoms with Crippen LogP contribution in [-0.4, -0.2) is 21.4 Å². The van der Waals surface area contributed by atoms with Crippen LogP contribution in [0.2, 0.25) is 5.02 Å². The Morgan fingerprint density at radius 3 is 2.56 bits per heavy atom. The molecule has 0 bridgehead atoms. The molecule has 0 saturated heterocycles. The van der Waals surface area contributed by atoms with Crippen LogP contribution in [0.25, 0.3) is 17.0 Å². The SMILES string of the molecule is C[C@H](CC(=O)O)CC(=O)c1c(CCCC/C=C/c2ccccc2)n(C)c2ccc(Cl)cc12. The van der Waals surface area contributed by atoms with E-state index in [-0.39, 0.29) is 24.5 Å². The predicted molar refractivity (Wildman–Crippen MR) is 131 cm³/mol. The maximum atomic E-state index is 13.2. The molecule has 0 unspecified atom stereocenters. The average Bonchev–Trinajstić information content (AvgIpc) is 3.01. The second-order valence-electron chi connectivity index (χ2n) is 8.43. The van der Waals surface area contributed by atoms with E-state index in [1.54, 1.807) is 0 Å². The molecule has 168 valence electrons. The number of benzene rings is 2. The lowest BCUT2D eigenvalue weighted by molar-refractivity contribution is -0.137. The Morgan fingerprint density at radius 1 is 1.09 bits per heavy atom. The molecule has 0 aliphatic heterocycles. The average molecular weight is 452 g/mol. The van der Waals surface area contributed by atoms with Gasteiger partial charge < -0.3 is 9.67 Å². The number of hydrogen-bond donors (Lipinski definition) is 1. The largest absolute Gasteiger partial charge is 0.481 e. The lowest BCUT2D eigenvalue weighted by atomic mass is 9.94. The Kier molecular flexibility index (Phi) is 8.29. The number of aryl methyl sites for hydroxylation is 1. The second kappa shape index (κ2) is 11.1. The zero-order chi connectivity index (χ0) is 23.1. The number of hydrogen-bond acceptors (Lipinski definition) is 2. The Morgan fingerprint density at radius 2 is 1.84 bits per heavy atom. The molecule has 1 N–H and O–H groups in total. The normalized spacial score (nSPS) is 12.5. The summed E-state index contributed by atoms with van der Waals surface area (Å²) in [4.78, 5) is 24.3. The molecule has 1 aromatic heterocycles. The van der Waals surface area contributed by atoms with Gasteiger partial charge in [0, 0.05) is 47.1 Å². The van der Waals surface area contributed by atoms with Gasteiger partial charge in [-0.2, -0.15) is 0 Å². The van der Waals surface area contributed by atoms with Crippen molar-refractivity contribution in [2.45, 2.75) is 45.4 Å². The molecular weight excluding hydrogens is 422 g/mol. The van der Waals surface area contributed by atoms with Gasteiger partial charge in [-0.3, -0.25) is 9.59 Å². The van der Waals surface area contributed by atoms with Gasteiger partial charge in [-0.15, -0.1) is 0 Å². The van der Waals surface area contributed by atoms with Gasteiger partial charge in [0.05, 0.1) is 0 Å². The summed E-state index contributed by atoms with van der Waals surface area (Å²) in [6, 6.07) is 15.9. The highest BCUT2D eigenvalue weighted by atomic mass is 35.5. The zero-order valence-corrected chi connectivity index (χ0v) is 19.4. The second-order valence-corrected chi connectivity index (χ2v) is 8.87. The monoisotopic (exact) mass is 451 g/mol. The molecule has 5 heteroatoms. The molecule has 0 aliphatic carbocycles. The first-order valence-corrected chi connectivity index (χ1v) is 11.5. The smallest absolute Gasteiger partial charge is 0.303 e. The molecule has 2 aromatic carbocycles. The first-order chi connectivity index (χ1) is 15.4. The topological polar surface area (TPSA) is 59.3 Å². The van der Waals surface area contributed by atoms with Crippen LogP contribution in [0.5, 0.6) is 0 Å². The predicted octanol–water partition coefficient (Wildman–Crippen LogP) is 6.94. The molecule has 0 radical (unpaired) electrons. The standard InChI is InChI=1S/C27H30ClNO3/c1-19(17-26(31)32)16-25(30)27-22-18-21(28)14-15-23(22)29(2)24(27)13-9-4-3-6-10-20-11-7-5-8-12-20/h5-8,10-12,14-15,18-19H,3-4,9,13,16-17H2,1-2H3,(H,31,32)/b10-6+/t19-/m0/s1. The van der Waals surface area contributed by atoms with Gasteiger partial charge in [0.1, 0.15) is 0 Å². The van der Waals surface area contributed by atoms with Crippen LogP contribution in [0.4, 0.5) is 0 Å². The number of fused-ring (bicyclic) bond motifs is 1. The quantitative estimate of drug-likeness (QED) is 0.253. The van der Waals surface area contributed by atoms with Crippen LogP contribution in [0.3, 0.4) is 0 Å². The maximum absolute atomic E-state index is 13.2. The van der Waals surface area contributed by atoms with Crippen LogP contribution < -0.4 is 0 Å². The van der Waals surface area contributed by atoms with Crippen LogP contribution in [0.1, 0.15) is 60.6 Å². The van der Waals surface area contributed by atoms with Crippen molar-refractivity contribution in [1.29, 1.82) is 0 Å². The molecular formula is C27H30ClNO3. The summed E-state index contributed by atoms with van der Waals surface area (Å²) in [5.74, 6) is -1.11. The highest BCUT2D eigenvalue weighted by molar-refractivity contribution is 6.31. The van der Waals surface area contributed by atoms with Crippen molar-refractivity contribution in [1.82, 2.24) is 4.57 Å². The van der Waals surface area contributed by atoms with E-state index in [9.17, 15) is 9.59 Å². The number of halogens is 1. The van der Waals surface area contributed by atoms with Crippen LogP contribution >= 0.6 is 11.6 Å². The number of allylic oxidation sites excluding steroid dienone is 1. The first kappa shape index (κ1) is 23.8. The van der Waals surface area contributed by atoms with Crippen molar-refractivity contribution in [3.8, 4) is 0 Å². The minimum Gasteiger partial charge on any atom is -0.481 e. The fraction of sp³-hybridized carbons (Fsp3) is 0.333. The number of aliphatic carboxylic acids is 1. The molecule has 4 nitrogen and oxygen atoms in total. The van der Waals surface area contributed by atoms with Gasteiger partial charge in [0.25, 0.3) is 0 Å². The Balaban J connectivity index is 1.74. The molecule has 0 saturated carbocycles. The Bertz CT molecular complexity index is 1110. The summed E-state index contributed by atoms with van der Waals surface area (Å²) in [5, 5.41) is 10.5. The van der Waals surface area contributed by atoms with E-state index in [4.69, 9.17) is 16.7 Å². The molecule has 1 atom stereocenters. The van der Waals surface area contributed by atoms with Gasteiger partial charge in [0.15, 0.2) is 5.78 Å². The Hall–Kier alpha value is -2.85. The third kappa shape index (κ3) is 6.10. The van der Waals surface area contributed by atoms with Crippen LogP contribution in [0, 0.1) is 5.92 Å². The minimum atomic E-state index is -0.880. The summed E-state index contributed by atoms with van der Waals surface area (Å²) >= 11 is 6.24. The summed E-state index contributed by atoms with van der Waals surface area (Å²) in [6.07, 6.45) is 8.27. The number of nitrogens with zero attached hydrogens (tertiary/aromatic N) is 1. The van der Waals surface area contributed by atoms with Gasteiger partial charge in [-0.1, -0.05) is 61.0 Å². The van der Waals surface area contributed by atoms with Crippen molar-refractivity contribution in [3.05, 3.63) is 76.5 Å². The molecule has 3 rings (SSSR count). The lowest BCUT2D eigenvalue weighted by Crippen LogP contribution is -2.12.